The number of ether oxygens (including phenoxy) is 1. The molecule has 1 aromatic heterocycles. The third kappa shape index (κ3) is 3.07. The molecule has 7 heteroatoms. The Balaban J connectivity index is 2.34. The van der Waals surface area contributed by atoms with Crippen LogP contribution < -0.4 is 5.32 Å². The highest BCUT2D eigenvalue weighted by molar-refractivity contribution is 7.89. The van der Waals surface area contributed by atoms with Gasteiger partial charge < -0.3 is 10.1 Å². The number of thiophene rings is 1. The van der Waals surface area contributed by atoms with Crippen LogP contribution in [-0.2, 0) is 21.3 Å². The summed E-state index contributed by atoms with van der Waals surface area (Å²) < 4.78 is 32.8. The van der Waals surface area contributed by atoms with E-state index < -0.39 is 10.0 Å². The number of morpholine rings is 1. The second kappa shape index (κ2) is 6.11. The van der Waals surface area contributed by atoms with Gasteiger partial charge in [-0.2, -0.15) is 4.31 Å². The first-order valence-electron chi connectivity index (χ1n) is 6.73. The third-order valence-corrected chi connectivity index (χ3v) is 6.70. The summed E-state index contributed by atoms with van der Waals surface area (Å²) in [4.78, 5) is 2.33. The molecule has 0 amide bonds. The normalized spacial score (nSPS) is 25.0. The Bertz CT molecular complexity index is 568. The molecule has 0 saturated carbocycles. The molecule has 0 radical (unpaired) electrons. The van der Waals surface area contributed by atoms with Crippen LogP contribution in [0.1, 0.15) is 23.6 Å². The molecule has 1 aliphatic heterocycles. The summed E-state index contributed by atoms with van der Waals surface area (Å²) in [6, 6.07) is 1.67. The number of hydrogen-bond acceptors (Lipinski definition) is 5. The van der Waals surface area contributed by atoms with E-state index in [1.807, 2.05) is 27.8 Å². The Labute approximate surface area is 125 Å². The Hall–Kier alpha value is -0.470. The molecule has 20 heavy (non-hydrogen) atoms. The predicted octanol–water partition coefficient (Wildman–Crippen LogP) is 1.57. The van der Waals surface area contributed by atoms with Crippen molar-refractivity contribution in [3.8, 4) is 0 Å². The highest BCUT2D eigenvalue weighted by atomic mass is 32.2. The van der Waals surface area contributed by atoms with E-state index in [2.05, 4.69) is 5.32 Å². The van der Waals surface area contributed by atoms with Crippen LogP contribution in [0.3, 0.4) is 0 Å². The molecule has 1 aromatic rings. The van der Waals surface area contributed by atoms with Crippen LogP contribution in [0.2, 0.25) is 0 Å². The quantitative estimate of drug-likeness (QED) is 0.915. The van der Waals surface area contributed by atoms with Crippen molar-refractivity contribution in [1.29, 1.82) is 0 Å². The molecule has 0 aliphatic carbocycles. The summed E-state index contributed by atoms with van der Waals surface area (Å²) in [6.45, 7) is 7.22. The van der Waals surface area contributed by atoms with Gasteiger partial charge in [-0.1, -0.05) is 0 Å². The van der Waals surface area contributed by atoms with Crippen LogP contribution >= 0.6 is 11.3 Å². The molecule has 114 valence electrons. The van der Waals surface area contributed by atoms with Crippen molar-refractivity contribution in [2.45, 2.75) is 44.4 Å². The van der Waals surface area contributed by atoms with E-state index in [-0.39, 0.29) is 12.1 Å². The van der Waals surface area contributed by atoms with Crippen molar-refractivity contribution >= 4 is 21.4 Å². The fraction of sp³-hybridized carbons (Fsp3) is 0.692. The first kappa shape index (κ1) is 15.9. The summed E-state index contributed by atoms with van der Waals surface area (Å²) in [5.74, 6) is 0. The monoisotopic (exact) mass is 318 g/mol. The summed E-state index contributed by atoms with van der Waals surface area (Å²) in [6.07, 6.45) is -0.0586. The molecule has 0 bridgehead atoms. The fourth-order valence-electron chi connectivity index (χ4n) is 2.38. The minimum atomic E-state index is -3.44. The third-order valence-electron chi connectivity index (χ3n) is 3.41. The number of sulfonamides is 1. The lowest BCUT2D eigenvalue weighted by molar-refractivity contribution is -0.0170. The van der Waals surface area contributed by atoms with Crippen LogP contribution in [0.5, 0.6) is 0 Å². The number of hydrogen-bond donors (Lipinski definition) is 1. The lowest BCUT2D eigenvalue weighted by Gasteiger charge is -2.35. The average molecular weight is 318 g/mol. The summed E-state index contributed by atoms with van der Waals surface area (Å²) in [5, 5.41) is 3.05. The van der Waals surface area contributed by atoms with Gasteiger partial charge in [0.15, 0.2) is 0 Å². The smallest absolute Gasteiger partial charge is 0.244 e. The van der Waals surface area contributed by atoms with Gasteiger partial charge in [0, 0.05) is 28.9 Å². The van der Waals surface area contributed by atoms with Gasteiger partial charge in [0.1, 0.15) is 0 Å². The van der Waals surface area contributed by atoms with Gasteiger partial charge in [0.05, 0.1) is 17.6 Å². The first-order valence-corrected chi connectivity index (χ1v) is 8.99. The summed E-state index contributed by atoms with van der Waals surface area (Å²) in [5.41, 5.74) is 0. The van der Waals surface area contributed by atoms with Gasteiger partial charge in [-0.25, -0.2) is 8.42 Å². The van der Waals surface area contributed by atoms with E-state index >= 15 is 0 Å². The molecule has 2 rings (SSSR count). The fourth-order valence-corrected chi connectivity index (χ4v) is 5.69. The number of aryl methyl sites for hydroxylation is 1. The average Bonchev–Trinajstić information content (AvgIpc) is 2.74. The van der Waals surface area contributed by atoms with Crippen molar-refractivity contribution in [3.05, 3.63) is 15.8 Å². The molecule has 1 aliphatic rings. The van der Waals surface area contributed by atoms with Crippen LogP contribution in [0.4, 0.5) is 0 Å². The molecule has 1 N–H and O–H groups in total. The molecular formula is C13H22N2O3S2. The second-order valence-corrected chi connectivity index (χ2v) is 8.43. The molecular weight excluding hydrogens is 296 g/mol. The maximum Gasteiger partial charge on any atom is 0.244 e. The van der Waals surface area contributed by atoms with Gasteiger partial charge in [0.25, 0.3) is 0 Å². The minimum absolute atomic E-state index is 0.0586. The van der Waals surface area contributed by atoms with Gasteiger partial charge in [-0.15, -0.1) is 11.3 Å². The van der Waals surface area contributed by atoms with Crippen molar-refractivity contribution < 1.29 is 13.2 Å². The van der Waals surface area contributed by atoms with Crippen molar-refractivity contribution in [1.82, 2.24) is 9.62 Å². The summed E-state index contributed by atoms with van der Waals surface area (Å²) >= 11 is 1.53. The topological polar surface area (TPSA) is 58.6 Å². The van der Waals surface area contributed by atoms with Crippen molar-refractivity contribution in [3.63, 3.8) is 0 Å². The maximum absolute atomic E-state index is 12.8. The van der Waals surface area contributed by atoms with Gasteiger partial charge >= 0.3 is 0 Å². The van der Waals surface area contributed by atoms with Crippen molar-refractivity contribution in [2.24, 2.45) is 0 Å². The largest absolute Gasteiger partial charge is 0.375 e. The first-order chi connectivity index (χ1) is 9.36. The van der Waals surface area contributed by atoms with Gasteiger partial charge in [-0.3, -0.25) is 0 Å². The van der Waals surface area contributed by atoms with Gasteiger partial charge in [-0.05, 0) is 33.9 Å². The van der Waals surface area contributed by atoms with E-state index in [4.69, 9.17) is 4.74 Å². The Morgan fingerprint density at radius 3 is 2.85 bits per heavy atom. The second-order valence-electron chi connectivity index (χ2n) is 5.23. The number of rotatable bonds is 4. The van der Waals surface area contributed by atoms with Crippen molar-refractivity contribution in [2.75, 3.05) is 20.2 Å². The molecule has 0 aromatic carbocycles. The maximum atomic E-state index is 12.8. The van der Waals surface area contributed by atoms with Crippen LogP contribution in [0, 0.1) is 6.92 Å². The molecule has 2 atom stereocenters. The molecule has 2 unspecified atom stereocenters. The SMILES string of the molecule is CNCc1cc(S(=O)(=O)N2CC(C)OCC2C)c(C)s1. The lowest BCUT2D eigenvalue weighted by Crippen LogP contribution is -2.50. The molecule has 1 saturated heterocycles. The zero-order valence-electron chi connectivity index (χ0n) is 12.3. The highest BCUT2D eigenvalue weighted by Gasteiger charge is 2.35. The van der Waals surface area contributed by atoms with Crippen LogP contribution in [0.15, 0.2) is 11.0 Å². The predicted molar refractivity (Wildman–Crippen MR) is 80.6 cm³/mol. The lowest BCUT2D eigenvalue weighted by atomic mass is 10.2. The van der Waals surface area contributed by atoms with Crippen LogP contribution in [0.25, 0.3) is 0 Å². The van der Waals surface area contributed by atoms with E-state index in [0.29, 0.717) is 24.6 Å². The zero-order chi connectivity index (χ0) is 14.9. The van der Waals surface area contributed by atoms with Crippen LogP contribution in [-0.4, -0.2) is 45.1 Å². The van der Waals surface area contributed by atoms with E-state index in [0.717, 1.165) is 9.75 Å². The number of nitrogens with one attached hydrogen (secondary N) is 1. The zero-order valence-corrected chi connectivity index (χ0v) is 14.0. The molecule has 1 fully saturated rings. The molecule has 2 heterocycles. The Kier molecular flexibility index (Phi) is 4.86. The van der Waals surface area contributed by atoms with E-state index in [1.165, 1.54) is 11.3 Å². The minimum Gasteiger partial charge on any atom is -0.375 e. The van der Waals surface area contributed by atoms with E-state index in [9.17, 15) is 8.42 Å². The molecule has 0 spiro atoms. The Morgan fingerprint density at radius 2 is 2.20 bits per heavy atom. The number of nitrogens with zero attached hydrogens (tertiary/aromatic N) is 1. The van der Waals surface area contributed by atoms with Gasteiger partial charge in [0.2, 0.25) is 10.0 Å². The molecule has 5 nitrogen and oxygen atoms in total. The Morgan fingerprint density at radius 1 is 1.50 bits per heavy atom. The standard InChI is InChI=1S/C13H22N2O3S2/c1-9-8-18-10(2)7-15(9)20(16,17)13-5-12(6-14-4)19-11(13)3/h5,9-10,14H,6-8H2,1-4H3. The highest BCUT2D eigenvalue weighted by Crippen LogP contribution is 2.30. The van der Waals surface area contributed by atoms with E-state index in [1.54, 1.807) is 10.4 Å². The summed E-state index contributed by atoms with van der Waals surface area (Å²) in [7, 11) is -1.58.